The minimum atomic E-state index is -3.84. The summed E-state index contributed by atoms with van der Waals surface area (Å²) in [5, 5.41) is 11.1. The summed E-state index contributed by atoms with van der Waals surface area (Å²) < 4.78 is 51.2. The Kier molecular flexibility index (Phi) is 3.74. The molecule has 0 spiro atoms. The van der Waals surface area contributed by atoms with Gasteiger partial charge in [-0.3, -0.25) is 0 Å². The van der Waals surface area contributed by atoms with E-state index in [1.165, 1.54) is 28.9 Å². The SMILES string of the molecule is NS(=O)(=O)c1ccc(-n2nc(C(F)F)c3ccc4c[c]ccc4c32)cc1. The molecule has 0 aliphatic carbocycles. The fraction of sp³-hybridized carbons (Fsp3) is 0.0556. The van der Waals surface area contributed by atoms with Gasteiger partial charge in [0.25, 0.3) is 6.43 Å². The molecule has 3 aromatic carbocycles. The van der Waals surface area contributed by atoms with Crippen LogP contribution in [0.1, 0.15) is 12.1 Å². The lowest BCUT2D eigenvalue weighted by Gasteiger charge is -2.07. The molecule has 4 aromatic rings. The van der Waals surface area contributed by atoms with Crippen molar-refractivity contribution in [2.75, 3.05) is 0 Å². The lowest BCUT2D eigenvalue weighted by molar-refractivity contribution is 0.147. The first-order valence-electron chi connectivity index (χ1n) is 7.59. The summed E-state index contributed by atoms with van der Waals surface area (Å²) in [6, 6.07) is 17.2. The Hall–Kier alpha value is -2.84. The zero-order valence-electron chi connectivity index (χ0n) is 13.2. The summed E-state index contributed by atoms with van der Waals surface area (Å²) in [6.07, 6.45) is -2.74. The molecule has 0 saturated heterocycles. The molecule has 5 nitrogen and oxygen atoms in total. The molecule has 4 rings (SSSR count). The Labute approximate surface area is 147 Å². The number of nitrogens with two attached hydrogens (primary N) is 1. The van der Waals surface area contributed by atoms with Gasteiger partial charge in [0.2, 0.25) is 10.0 Å². The van der Waals surface area contributed by atoms with Gasteiger partial charge in [-0.1, -0.05) is 24.3 Å². The lowest BCUT2D eigenvalue weighted by atomic mass is 10.1. The zero-order chi connectivity index (χ0) is 18.5. The van der Waals surface area contributed by atoms with E-state index in [9.17, 15) is 17.2 Å². The van der Waals surface area contributed by atoms with Crippen molar-refractivity contribution in [2.24, 2.45) is 5.14 Å². The Balaban J connectivity index is 2.04. The van der Waals surface area contributed by atoms with E-state index in [-0.39, 0.29) is 10.6 Å². The van der Waals surface area contributed by atoms with E-state index in [1.54, 1.807) is 30.3 Å². The molecule has 0 unspecified atom stereocenters. The second-order valence-electron chi connectivity index (χ2n) is 5.75. The van der Waals surface area contributed by atoms with Gasteiger partial charge < -0.3 is 0 Å². The number of hydrogen-bond donors (Lipinski definition) is 1. The van der Waals surface area contributed by atoms with Crippen molar-refractivity contribution in [1.82, 2.24) is 9.78 Å². The van der Waals surface area contributed by atoms with E-state index >= 15 is 0 Å². The number of nitrogens with zero attached hydrogens (tertiary/aromatic N) is 2. The molecular weight excluding hydrogens is 360 g/mol. The summed E-state index contributed by atoms with van der Waals surface area (Å²) in [5.41, 5.74) is 0.648. The quantitative estimate of drug-likeness (QED) is 0.597. The normalized spacial score (nSPS) is 12.3. The summed E-state index contributed by atoms with van der Waals surface area (Å²) in [6.45, 7) is 0. The molecule has 131 valence electrons. The number of sulfonamides is 1. The molecule has 2 N–H and O–H groups in total. The summed E-state index contributed by atoms with van der Waals surface area (Å²) in [5.74, 6) is 0. The van der Waals surface area contributed by atoms with Crippen molar-refractivity contribution in [2.45, 2.75) is 11.3 Å². The zero-order valence-corrected chi connectivity index (χ0v) is 14.0. The highest BCUT2D eigenvalue weighted by molar-refractivity contribution is 7.89. The van der Waals surface area contributed by atoms with E-state index in [1.807, 2.05) is 0 Å². The second kappa shape index (κ2) is 5.86. The van der Waals surface area contributed by atoms with Gasteiger partial charge in [0.1, 0.15) is 5.69 Å². The van der Waals surface area contributed by atoms with Crippen LogP contribution in [-0.4, -0.2) is 18.2 Å². The van der Waals surface area contributed by atoms with Gasteiger partial charge in [-0.25, -0.2) is 27.0 Å². The fourth-order valence-electron chi connectivity index (χ4n) is 2.97. The smallest absolute Gasteiger partial charge is 0.232 e. The maximum absolute atomic E-state index is 13.5. The van der Waals surface area contributed by atoms with E-state index in [4.69, 9.17) is 5.14 Å². The van der Waals surface area contributed by atoms with Crippen LogP contribution in [0.2, 0.25) is 0 Å². The first-order chi connectivity index (χ1) is 12.4. The third kappa shape index (κ3) is 2.63. The highest BCUT2D eigenvalue weighted by Gasteiger charge is 2.21. The van der Waals surface area contributed by atoms with Crippen molar-refractivity contribution in [3.63, 3.8) is 0 Å². The third-order valence-electron chi connectivity index (χ3n) is 4.15. The van der Waals surface area contributed by atoms with Crippen LogP contribution in [0.15, 0.2) is 59.5 Å². The maximum Gasteiger partial charge on any atom is 0.282 e. The first kappa shape index (κ1) is 16.6. The lowest BCUT2D eigenvalue weighted by Crippen LogP contribution is -2.12. The van der Waals surface area contributed by atoms with Crippen LogP contribution < -0.4 is 5.14 Å². The molecule has 0 atom stereocenters. The number of hydrogen-bond acceptors (Lipinski definition) is 3. The van der Waals surface area contributed by atoms with Crippen molar-refractivity contribution >= 4 is 31.7 Å². The van der Waals surface area contributed by atoms with E-state index in [2.05, 4.69) is 11.2 Å². The largest absolute Gasteiger partial charge is 0.282 e. The molecule has 0 saturated carbocycles. The second-order valence-corrected chi connectivity index (χ2v) is 7.31. The number of rotatable bonds is 3. The molecular formula is C18H12F2N3O2S. The van der Waals surface area contributed by atoms with Crippen LogP contribution in [0, 0.1) is 6.07 Å². The number of halogens is 2. The molecule has 1 heterocycles. The summed E-state index contributed by atoms with van der Waals surface area (Å²) in [4.78, 5) is -0.0637. The van der Waals surface area contributed by atoms with Gasteiger partial charge in [0, 0.05) is 10.8 Å². The monoisotopic (exact) mass is 372 g/mol. The standard InChI is InChI=1S/C18H12F2N3O2S/c19-18(20)16-15-10-5-11-3-1-2-4-14(11)17(15)23(22-16)12-6-8-13(9-7-12)26(21,24)25/h2-10,18H,(H2,21,24,25). The third-order valence-corrected chi connectivity index (χ3v) is 5.08. The van der Waals surface area contributed by atoms with Crippen LogP contribution in [-0.2, 0) is 10.0 Å². The molecule has 1 aromatic heterocycles. The molecule has 0 aliphatic heterocycles. The minimum Gasteiger partial charge on any atom is -0.232 e. The highest BCUT2D eigenvalue weighted by atomic mass is 32.2. The Morgan fingerprint density at radius 3 is 2.42 bits per heavy atom. The van der Waals surface area contributed by atoms with Crippen molar-refractivity contribution < 1.29 is 17.2 Å². The fourth-order valence-corrected chi connectivity index (χ4v) is 3.48. The van der Waals surface area contributed by atoms with Crippen molar-refractivity contribution in [3.05, 3.63) is 66.4 Å². The van der Waals surface area contributed by atoms with Crippen LogP contribution in [0.4, 0.5) is 8.78 Å². The number of aromatic nitrogens is 2. The average Bonchev–Trinajstić information content (AvgIpc) is 3.01. The molecule has 0 aliphatic rings. The van der Waals surface area contributed by atoms with Gasteiger partial charge in [0.15, 0.2) is 0 Å². The van der Waals surface area contributed by atoms with Crippen LogP contribution in [0.5, 0.6) is 0 Å². The summed E-state index contributed by atoms with van der Waals surface area (Å²) in [7, 11) is -3.84. The number of fused-ring (bicyclic) bond motifs is 3. The predicted octanol–water partition coefficient (Wildman–Crippen LogP) is 3.56. The van der Waals surface area contributed by atoms with Crippen LogP contribution >= 0.6 is 0 Å². The number of alkyl halides is 2. The van der Waals surface area contributed by atoms with Gasteiger partial charge in [-0.2, -0.15) is 5.10 Å². The molecule has 8 heteroatoms. The van der Waals surface area contributed by atoms with Gasteiger partial charge >= 0.3 is 0 Å². The Morgan fingerprint density at radius 2 is 1.77 bits per heavy atom. The molecule has 0 amide bonds. The van der Waals surface area contributed by atoms with Crippen LogP contribution in [0.25, 0.3) is 27.4 Å². The van der Waals surface area contributed by atoms with Gasteiger partial charge in [-0.15, -0.1) is 0 Å². The average molecular weight is 372 g/mol. The van der Waals surface area contributed by atoms with Gasteiger partial charge in [-0.05, 0) is 41.8 Å². The van der Waals surface area contributed by atoms with Crippen molar-refractivity contribution in [3.8, 4) is 5.69 Å². The highest BCUT2D eigenvalue weighted by Crippen LogP contribution is 2.33. The number of benzene rings is 3. The molecule has 0 fully saturated rings. The maximum atomic E-state index is 13.5. The topological polar surface area (TPSA) is 78.0 Å². The van der Waals surface area contributed by atoms with Crippen molar-refractivity contribution in [1.29, 1.82) is 0 Å². The van der Waals surface area contributed by atoms with Crippen LogP contribution in [0.3, 0.4) is 0 Å². The molecule has 1 radical (unpaired) electrons. The van der Waals surface area contributed by atoms with E-state index in [0.29, 0.717) is 16.6 Å². The Bertz CT molecular complexity index is 1230. The van der Waals surface area contributed by atoms with E-state index in [0.717, 1.165) is 10.8 Å². The Morgan fingerprint density at radius 1 is 1.04 bits per heavy atom. The molecule has 0 bridgehead atoms. The minimum absolute atomic E-state index is 0.0637. The molecule has 26 heavy (non-hydrogen) atoms. The van der Waals surface area contributed by atoms with E-state index < -0.39 is 16.4 Å². The first-order valence-corrected chi connectivity index (χ1v) is 9.14. The van der Waals surface area contributed by atoms with Gasteiger partial charge in [0.05, 0.1) is 16.1 Å². The predicted molar refractivity (Wildman–Crippen MR) is 93.7 cm³/mol. The number of primary sulfonamides is 1. The summed E-state index contributed by atoms with van der Waals surface area (Å²) >= 11 is 0.